The van der Waals surface area contributed by atoms with Crippen molar-refractivity contribution < 1.29 is 4.79 Å². The van der Waals surface area contributed by atoms with Crippen molar-refractivity contribution in [2.75, 3.05) is 31.1 Å². The molecule has 8 nitrogen and oxygen atoms in total. The summed E-state index contributed by atoms with van der Waals surface area (Å²) in [4.78, 5) is 34.7. The van der Waals surface area contributed by atoms with E-state index < -0.39 is 0 Å². The van der Waals surface area contributed by atoms with Gasteiger partial charge in [0.25, 0.3) is 11.5 Å². The number of nitrogens with zero attached hydrogens (tertiary/aromatic N) is 5. The normalized spacial score (nSPS) is 16.0. The van der Waals surface area contributed by atoms with Crippen molar-refractivity contribution in [3.05, 3.63) is 69.4 Å². The molecular weight excluding hydrogens is 380 g/mol. The van der Waals surface area contributed by atoms with Gasteiger partial charge in [-0.25, -0.2) is 5.10 Å². The van der Waals surface area contributed by atoms with Gasteiger partial charge in [0.2, 0.25) is 5.95 Å². The number of benzene rings is 1. The van der Waals surface area contributed by atoms with Gasteiger partial charge in [-0.05, 0) is 55.0 Å². The fourth-order valence-electron chi connectivity index (χ4n) is 4.53. The summed E-state index contributed by atoms with van der Waals surface area (Å²) in [5.74, 6) is 0.509. The molecule has 0 unspecified atom stereocenters. The van der Waals surface area contributed by atoms with Gasteiger partial charge in [0, 0.05) is 32.4 Å². The Kier molecular flexibility index (Phi) is 4.61. The number of piperazine rings is 1. The Morgan fingerprint density at radius 1 is 1.10 bits per heavy atom. The minimum absolute atomic E-state index is 0.198. The largest absolute Gasteiger partial charge is 0.338 e. The zero-order valence-electron chi connectivity index (χ0n) is 17.0. The molecule has 8 heteroatoms. The maximum atomic E-state index is 13.4. The molecule has 1 saturated heterocycles. The first-order valence-electron chi connectivity index (χ1n) is 10.4. The highest BCUT2D eigenvalue weighted by molar-refractivity contribution is 5.95. The maximum Gasteiger partial charge on any atom is 0.268 e. The van der Waals surface area contributed by atoms with Crippen LogP contribution < -0.4 is 10.5 Å². The van der Waals surface area contributed by atoms with E-state index in [1.165, 1.54) is 17.5 Å². The number of anilines is 1. The molecule has 0 radical (unpaired) electrons. The van der Waals surface area contributed by atoms with Gasteiger partial charge in [-0.1, -0.05) is 12.1 Å². The molecule has 2 aromatic heterocycles. The van der Waals surface area contributed by atoms with Crippen LogP contribution in [-0.4, -0.2) is 56.7 Å². The first-order valence-corrected chi connectivity index (χ1v) is 10.4. The second-order valence-electron chi connectivity index (χ2n) is 7.91. The number of carbonyl (C=O) groups is 1. The average molecular weight is 404 g/mol. The lowest BCUT2D eigenvalue weighted by molar-refractivity contribution is 0.0743. The van der Waals surface area contributed by atoms with E-state index in [-0.39, 0.29) is 17.0 Å². The molecule has 1 fully saturated rings. The highest BCUT2D eigenvalue weighted by Gasteiger charge is 2.27. The van der Waals surface area contributed by atoms with Crippen molar-refractivity contribution in [2.45, 2.75) is 26.2 Å². The van der Waals surface area contributed by atoms with E-state index in [1.54, 1.807) is 15.7 Å². The molecule has 1 N–H and O–H groups in total. The molecule has 1 amide bonds. The van der Waals surface area contributed by atoms with Gasteiger partial charge < -0.3 is 9.80 Å². The molecule has 0 spiro atoms. The van der Waals surface area contributed by atoms with Gasteiger partial charge in [-0.2, -0.15) is 10.1 Å². The predicted molar refractivity (Wildman–Crippen MR) is 113 cm³/mol. The van der Waals surface area contributed by atoms with Crippen molar-refractivity contribution in [2.24, 2.45) is 0 Å². The van der Waals surface area contributed by atoms with Crippen molar-refractivity contribution in [1.29, 1.82) is 0 Å². The zero-order chi connectivity index (χ0) is 20.7. The number of aryl methyl sites for hydroxylation is 2. The molecule has 1 aliphatic heterocycles. The van der Waals surface area contributed by atoms with Crippen LogP contribution in [0.1, 0.15) is 33.5 Å². The molecule has 2 aliphatic rings. The van der Waals surface area contributed by atoms with Crippen LogP contribution >= 0.6 is 0 Å². The first-order chi connectivity index (χ1) is 14.6. The average Bonchev–Trinajstić information content (AvgIpc) is 3.46. The van der Waals surface area contributed by atoms with Gasteiger partial charge in [-0.3, -0.25) is 14.2 Å². The number of aromatic amines is 1. The molecule has 3 aromatic rings. The number of pyridine rings is 1. The molecule has 0 atom stereocenters. The molecule has 0 bridgehead atoms. The third-order valence-electron chi connectivity index (χ3n) is 6.16. The number of hydrogen-bond acceptors (Lipinski definition) is 5. The zero-order valence-corrected chi connectivity index (χ0v) is 17.0. The van der Waals surface area contributed by atoms with Crippen LogP contribution in [0.5, 0.6) is 0 Å². The monoisotopic (exact) mass is 404 g/mol. The van der Waals surface area contributed by atoms with E-state index in [2.05, 4.69) is 26.1 Å². The number of hydrogen-bond donors (Lipinski definition) is 1. The van der Waals surface area contributed by atoms with E-state index in [1.807, 2.05) is 25.1 Å². The highest BCUT2D eigenvalue weighted by atomic mass is 16.2. The van der Waals surface area contributed by atoms with Gasteiger partial charge in [0.05, 0.1) is 5.69 Å². The Hall–Kier alpha value is -3.42. The highest BCUT2D eigenvalue weighted by Crippen LogP contribution is 2.27. The Bertz CT molecular complexity index is 1140. The molecule has 1 aliphatic carbocycles. The van der Waals surface area contributed by atoms with Crippen LogP contribution in [0.15, 0.2) is 41.6 Å². The number of H-pyrrole nitrogens is 1. The van der Waals surface area contributed by atoms with Gasteiger partial charge in [-0.15, -0.1) is 0 Å². The Morgan fingerprint density at radius 3 is 2.70 bits per heavy atom. The lowest BCUT2D eigenvalue weighted by Crippen LogP contribution is -2.50. The molecule has 154 valence electrons. The first kappa shape index (κ1) is 18.6. The fourth-order valence-corrected chi connectivity index (χ4v) is 4.53. The number of rotatable bonds is 3. The summed E-state index contributed by atoms with van der Waals surface area (Å²) in [5.41, 5.74) is 4.17. The quantitative estimate of drug-likeness (QED) is 0.718. The van der Waals surface area contributed by atoms with Gasteiger partial charge in [0.15, 0.2) is 0 Å². The summed E-state index contributed by atoms with van der Waals surface area (Å²) in [6.07, 6.45) is 6.39. The smallest absolute Gasteiger partial charge is 0.268 e. The maximum absolute atomic E-state index is 13.4. The van der Waals surface area contributed by atoms with E-state index in [0.29, 0.717) is 37.7 Å². The second-order valence-corrected chi connectivity index (χ2v) is 7.91. The molecular formula is C22H24N6O2. The molecule has 3 heterocycles. The summed E-state index contributed by atoms with van der Waals surface area (Å²) in [6, 6.07) is 7.97. The Morgan fingerprint density at radius 2 is 1.93 bits per heavy atom. The van der Waals surface area contributed by atoms with Crippen LogP contribution in [0.2, 0.25) is 0 Å². The summed E-state index contributed by atoms with van der Waals surface area (Å²) < 4.78 is 1.65. The molecule has 0 saturated carbocycles. The van der Waals surface area contributed by atoms with Crippen molar-refractivity contribution in [3.63, 3.8) is 0 Å². The number of nitrogens with one attached hydrogen (secondary N) is 1. The third-order valence-corrected chi connectivity index (χ3v) is 6.16. The minimum atomic E-state index is -0.238. The van der Waals surface area contributed by atoms with Crippen LogP contribution in [0.3, 0.4) is 0 Å². The SMILES string of the molecule is Cc1ccn(-c2cccc3c2CCC3)c(=O)c1C(=O)N1CCN(c2ncn[nH]2)CC1. The summed E-state index contributed by atoms with van der Waals surface area (Å²) in [6.45, 7) is 4.20. The van der Waals surface area contributed by atoms with E-state index >= 15 is 0 Å². The summed E-state index contributed by atoms with van der Waals surface area (Å²) in [5, 5.41) is 6.74. The standard InChI is InChI=1S/C22H24N6O2/c1-15-8-9-28(18-7-3-5-16-4-2-6-17(16)18)21(30)19(15)20(29)26-10-12-27(13-11-26)22-23-14-24-25-22/h3,5,7-9,14H,2,4,6,10-13H2,1H3,(H,23,24,25). The third kappa shape index (κ3) is 3.08. The Balaban J connectivity index is 1.44. The van der Waals surface area contributed by atoms with Gasteiger partial charge in [0.1, 0.15) is 11.9 Å². The number of aromatic nitrogens is 4. The van der Waals surface area contributed by atoms with Crippen molar-refractivity contribution >= 4 is 11.9 Å². The molecule has 1 aromatic carbocycles. The van der Waals surface area contributed by atoms with E-state index in [9.17, 15) is 9.59 Å². The van der Waals surface area contributed by atoms with Crippen LogP contribution in [0, 0.1) is 6.92 Å². The molecule has 5 rings (SSSR count). The van der Waals surface area contributed by atoms with Crippen LogP contribution in [0.4, 0.5) is 5.95 Å². The minimum Gasteiger partial charge on any atom is -0.338 e. The Labute approximate surface area is 174 Å². The van der Waals surface area contributed by atoms with Crippen molar-refractivity contribution in [1.82, 2.24) is 24.6 Å². The van der Waals surface area contributed by atoms with E-state index in [0.717, 1.165) is 24.9 Å². The van der Waals surface area contributed by atoms with Crippen LogP contribution in [0.25, 0.3) is 5.69 Å². The topological polar surface area (TPSA) is 87.1 Å². The number of amides is 1. The summed E-state index contributed by atoms with van der Waals surface area (Å²) in [7, 11) is 0. The predicted octanol–water partition coefficient (Wildman–Crippen LogP) is 1.72. The number of fused-ring (bicyclic) bond motifs is 1. The lowest BCUT2D eigenvalue weighted by Gasteiger charge is -2.34. The number of carbonyl (C=O) groups excluding carboxylic acids is 1. The molecule has 30 heavy (non-hydrogen) atoms. The fraction of sp³-hybridized carbons (Fsp3) is 0.364. The lowest BCUT2D eigenvalue weighted by atomic mass is 10.1. The van der Waals surface area contributed by atoms with Gasteiger partial charge >= 0.3 is 0 Å². The van der Waals surface area contributed by atoms with E-state index in [4.69, 9.17) is 0 Å². The van der Waals surface area contributed by atoms with Crippen LogP contribution in [-0.2, 0) is 12.8 Å². The summed E-state index contributed by atoms with van der Waals surface area (Å²) >= 11 is 0. The second kappa shape index (κ2) is 7.44. The van der Waals surface area contributed by atoms with Crippen molar-refractivity contribution in [3.8, 4) is 5.69 Å².